The van der Waals surface area contributed by atoms with Crippen molar-refractivity contribution in [2.45, 2.75) is 39.8 Å². The molecule has 0 bridgehead atoms. The van der Waals surface area contributed by atoms with E-state index >= 15 is 0 Å². The van der Waals surface area contributed by atoms with Crippen molar-refractivity contribution in [1.29, 1.82) is 0 Å². The van der Waals surface area contributed by atoms with Crippen LogP contribution >= 0.6 is 0 Å². The third-order valence-electron chi connectivity index (χ3n) is 2.41. The number of hydrogen-bond donors (Lipinski definition) is 2. The van der Waals surface area contributed by atoms with Crippen LogP contribution in [0.5, 0.6) is 0 Å². The topological polar surface area (TPSA) is 75.6 Å². The predicted octanol–water partition coefficient (Wildman–Crippen LogP) is 1.52. The standard InChI is InChI=1S/C11H17N5O/c1-6(2)13-11-14-9-8(10(17)15-11)12-5-16(9)7(3)4/h5-7H,1-4H3,(H2,13,14,15,17). The molecule has 2 heterocycles. The van der Waals surface area contributed by atoms with Crippen LogP contribution in [0.2, 0.25) is 0 Å². The largest absolute Gasteiger partial charge is 0.354 e. The van der Waals surface area contributed by atoms with Crippen molar-refractivity contribution in [3.05, 3.63) is 16.7 Å². The molecule has 6 nitrogen and oxygen atoms in total. The highest BCUT2D eigenvalue weighted by atomic mass is 16.1. The van der Waals surface area contributed by atoms with Crippen LogP contribution in [0.4, 0.5) is 5.95 Å². The molecule has 2 aromatic heterocycles. The minimum Gasteiger partial charge on any atom is -0.354 e. The Kier molecular flexibility index (Phi) is 2.87. The zero-order chi connectivity index (χ0) is 12.6. The Morgan fingerprint density at radius 3 is 2.65 bits per heavy atom. The zero-order valence-electron chi connectivity index (χ0n) is 10.5. The Morgan fingerprint density at radius 1 is 1.35 bits per heavy atom. The van der Waals surface area contributed by atoms with E-state index in [1.54, 1.807) is 6.33 Å². The highest BCUT2D eigenvalue weighted by molar-refractivity contribution is 5.70. The van der Waals surface area contributed by atoms with Gasteiger partial charge in [-0.1, -0.05) is 0 Å². The fourth-order valence-electron chi connectivity index (χ4n) is 1.65. The summed E-state index contributed by atoms with van der Waals surface area (Å²) in [6, 6.07) is 0.437. The first kappa shape index (κ1) is 11.6. The molecule has 2 aromatic rings. The maximum absolute atomic E-state index is 11.8. The summed E-state index contributed by atoms with van der Waals surface area (Å²) < 4.78 is 1.88. The fourth-order valence-corrected chi connectivity index (χ4v) is 1.65. The van der Waals surface area contributed by atoms with Crippen molar-refractivity contribution in [3.63, 3.8) is 0 Å². The quantitative estimate of drug-likeness (QED) is 0.845. The van der Waals surface area contributed by atoms with Crippen LogP contribution in [0.3, 0.4) is 0 Å². The first-order chi connectivity index (χ1) is 7.99. The number of fused-ring (bicyclic) bond motifs is 1. The smallest absolute Gasteiger partial charge is 0.280 e. The third-order valence-corrected chi connectivity index (χ3v) is 2.41. The van der Waals surface area contributed by atoms with E-state index in [2.05, 4.69) is 20.3 Å². The van der Waals surface area contributed by atoms with Gasteiger partial charge in [-0.3, -0.25) is 9.78 Å². The van der Waals surface area contributed by atoms with E-state index in [4.69, 9.17) is 0 Å². The van der Waals surface area contributed by atoms with Crippen LogP contribution < -0.4 is 10.9 Å². The van der Waals surface area contributed by atoms with E-state index in [1.807, 2.05) is 32.3 Å². The summed E-state index contributed by atoms with van der Waals surface area (Å²) in [6.45, 7) is 8.03. The second kappa shape index (κ2) is 4.20. The van der Waals surface area contributed by atoms with Crippen LogP contribution in [0.15, 0.2) is 11.1 Å². The molecule has 92 valence electrons. The van der Waals surface area contributed by atoms with E-state index in [1.165, 1.54) is 0 Å². The molecule has 0 amide bonds. The molecule has 0 saturated heterocycles. The van der Waals surface area contributed by atoms with Crippen LogP contribution in [-0.2, 0) is 0 Å². The lowest BCUT2D eigenvalue weighted by atomic mass is 10.4. The fraction of sp³-hybridized carbons (Fsp3) is 0.545. The first-order valence-corrected chi connectivity index (χ1v) is 5.72. The Morgan fingerprint density at radius 2 is 2.06 bits per heavy atom. The number of H-pyrrole nitrogens is 1. The van der Waals surface area contributed by atoms with E-state index in [0.717, 1.165) is 0 Å². The van der Waals surface area contributed by atoms with Gasteiger partial charge < -0.3 is 9.88 Å². The van der Waals surface area contributed by atoms with Gasteiger partial charge in [0.05, 0.1) is 6.33 Å². The molecule has 6 heteroatoms. The number of nitrogens with zero attached hydrogens (tertiary/aromatic N) is 3. The molecule has 0 fully saturated rings. The molecule has 17 heavy (non-hydrogen) atoms. The minimum atomic E-state index is -0.211. The highest BCUT2D eigenvalue weighted by Crippen LogP contribution is 2.13. The monoisotopic (exact) mass is 235 g/mol. The van der Waals surface area contributed by atoms with E-state index in [-0.39, 0.29) is 17.6 Å². The van der Waals surface area contributed by atoms with Crippen molar-refractivity contribution in [2.24, 2.45) is 0 Å². The third kappa shape index (κ3) is 2.15. The van der Waals surface area contributed by atoms with Gasteiger partial charge in [-0.25, -0.2) is 4.98 Å². The highest BCUT2D eigenvalue weighted by Gasteiger charge is 2.12. The molecule has 2 rings (SSSR count). The number of hydrogen-bond acceptors (Lipinski definition) is 4. The Balaban J connectivity index is 2.61. The van der Waals surface area contributed by atoms with Crippen molar-refractivity contribution in [2.75, 3.05) is 5.32 Å². The average molecular weight is 235 g/mol. The van der Waals surface area contributed by atoms with E-state index in [0.29, 0.717) is 17.1 Å². The molecule has 0 aromatic carbocycles. The molecular formula is C11H17N5O. The number of aromatic amines is 1. The molecule has 0 unspecified atom stereocenters. The molecule has 0 spiro atoms. The Hall–Kier alpha value is -1.85. The summed E-state index contributed by atoms with van der Waals surface area (Å²) in [5.74, 6) is 0.486. The van der Waals surface area contributed by atoms with Gasteiger partial charge in [0.1, 0.15) is 0 Å². The maximum Gasteiger partial charge on any atom is 0.280 e. The lowest BCUT2D eigenvalue weighted by molar-refractivity contribution is 0.612. The number of anilines is 1. The predicted molar refractivity (Wildman–Crippen MR) is 67.3 cm³/mol. The van der Waals surface area contributed by atoms with Crippen LogP contribution in [0, 0.1) is 0 Å². The van der Waals surface area contributed by atoms with Crippen molar-refractivity contribution in [1.82, 2.24) is 19.5 Å². The van der Waals surface area contributed by atoms with Crippen molar-refractivity contribution < 1.29 is 0 Å². The van der Waals surface area contributed by atoms with Gasteiger partial charge in [0.2, 0.25) is 5.95 Å². The van der Waals surface area contributed by atoms with Crippen LogP contribution in [-0.4, -0.2) is 25.6 Å². The van der Waals surface area contributed by atoms with Gasteiger partial charge in [0.25, 0.3) is 5.56 Å². The summed E-state index contributed by atoms with van der Waals surface area (Å²) in [5, 5.41) is 3.09. The summed E-state index contributed by atoms with van der Waals surface area (Å²) in [6.07, 6.45) is 1.65. The lowest BCUT2D eigenvalue weighted by Gasteiger charge is -2.10. The summed E-state index contributed by atoms with van der Waals surface area (Å²) >= 11 is 0. The average Bonchev–Trinajstić information content (AvgIpc) is 2.60. The number of aromatic nitrogens is 4. The maximum atomic E-state index is 11.8. The lowest BCUT2D eigenvalue weighted by Crippen LogP contribution is -2.18. The summed E-state index contributed by atoms with van der Waals surface area (Å²) in [7, 11) is 0. The molecule has 2 N–H and O–H groups in total. The molecule has 0 aliphatic rings. The molecular weight excluding hydrogens is 218 g/mol. The Labute approximate surface area is 99.1 Å². The van der Waals surface area contributed by atoms with Gasteiger partial charge in [0, 0.05) is 12.1 Å². The Bertz CT molecular complexity index is 581. The van der Waals surface area contributed by atoms with Crippen molar-refractivity contribution in [3.8, 4) is 0 Å². The summed E-state index contributed by atoms with van der Waals surface area (Å²) in [4.78, 5) is 23.0. The van der Waals surface area contributed by atoms with Gasteiger partial charge in [-0.05, 0) is 27.7 Å². The van der Waals surface area contributed by atoms with Gasteiger partial charge >= 0.3 is 0 Å². The zero-order valence-corrected chi connectivity index (χ0v) is 10.5. The molecule has 0 saturated carbocycles. The van der Waals surface area contributed by atoms with E-state index in [9.17, 15) is 4.79 Å². The first-order valence-electron chi connectivity index (χ1n) is 5.72. The minimum absolute atomic E-state index is 0.211. The molecule has 0 aliphatic carbocycles. The normalized spacial score (nSPS) is 11.6. The summed E-state index contributed by atoms with van der Waals surface area (Å²) in [5.41, 5.74) is 0.789. The second-order valence-corrected chi connectivity index (χ2v) is 4.63. The molecule has 0 atom stereocenters. The second-order valence-electron chi connectivity index (χ2n) is 4.63. The van der Waals surface area contributed by atoms with Crippen molar-refractivity contribution >= 4 is 17.1 Å². The van der Waals surface area contributed by atoms with Crippen LogP contribution in [0.1, 0.15) is 33.7 Å². The number of nitrogens with one attached hydrogen (secondary N) is 2. The van der Waals surface area contributed by atoms with Gasteiger partial charge in [0.15, 0.2) is 11.2 Å². The number of imidazole rings is 1. The molecule has 0 radical (unpaired) electrons. The SMILES string of the molecule is CC(C)Nc1nc2c(ncn2C(C)C)c(=O)[nH]1. The molecule has 0 aliphatic heterocycles. The van der Waals surface area contributed by atoms with E-state index < -0.39 is 0 Å². The number of rotatable bonds is 3. The van der Waals surface area contributed by atoms with Gasteiger partial charge in [-0.2, -0.15) is 4.98 Å². The van der Waals surface area contributed by atoms with Gasteiger partial charge in [-0.15, -0.1) is 0 Å². The van der Waals surface area contributed by atoms with Crippen LogP contribution in [0.25, 0.3) is 11.2 Å².